The molecule has 1 aliphatic heterocycles. The van der Waals surface area contributed by atoms with Crippen LogP contribution in [0.25, 0.3) is 11.4 Å². The topological polar surface area (TPSA) is 46.6 Å². The summed E-state index contributed by atoms with van der Waals surface area (Å²) in [5, 5.41) is 4.71. The molecule has 1 saturated heterocycles. The van der Waals surface area contributed by atoms with E-state index in [1.807, 2.05) is 36.4 Å². The van der Waals surface area contributed by atoms with Crippen LogP contribution in [0.5, 0.6) is 0 Å². The Morgan fingerprint density at radius 3 is 2.62 bits per heavy atom. The number of halogens is 2. The summed E-state index contributed by atoms with van der Waals surface area (Å²) in [5.41, 5.74) is 1.91. The molecule has 1 fully saturated rings. The van der Waals surface area contributed by atoms with Crippen LogP contribution in [-0.2, 0) is 6.54 Å². The summed E-state index contributed by atoms with van der Waals surface area (Å²) < 4.78 is 18.5. The van der Waals surface area contributed by atoms with Crippen molar-refractivity contribution in [3.63, 3.8) is 0 Å². The van der Waals surface area contributed by atoms with Crippen LogP contribution in [0.3, 0.4) is 0 Å². The van der Waals surface area contributed by atoms with Gasteiger partial charge in [-0.25, -0.2) is 4.39 Å². The van der Waals surface area contributed by atoms with Crippen LogP contribution in [0, 0.1) is 5.82 Å². The number of benzene rings is 2. The quantitative estimate of drug-likeness (QED) is 0.763. The zero-order valence-corrected chi connectivity index (χ0v) is 14.9. The van der Waals surface area contributed by atoms with Crippen LogP contribution < -0.4 is 9.80 Å². The second kappa shape index (κ2) is 7.43. The third-order valence-electron chi connectivity index (χ3n) is 4.61. The second-order valence-corrected chi connectivity index (χ2v) is 6.85. The fourth-order valence-electron chi connectivity index (χ4n) is 3.20. The Morgan fingerprint density at radius 1 is 1.12 bits per heavy atom. The first-order valence-electron chi connectivity index (χ1n) is 8.60. The van der Waals surface area contributed by atoms with Crippen molar-refractivity contribution in [2.45, 2.75) is 6.54 Å². The van der Waals surface area contributed by atoms with E-state index in [1.165, 1.54) is 17.0 Å². The van der Waals surface area contributed by atoms with Crippen molar-refractivity contribution >= 4 is 17.3 Å². The molecule has 0 bridgehead atoms. The minimum absolute atomic E-state index is 0.204. The molecule has 7 heteroatoms. The summed E-state index contributed by atoms with van der Waals surface area (Å²) in [4.78, 5) is 8.16. The van der Waals surface area contributed by atoms with E-state index in [0.29, 0.717) is 23.3 Å². The Labute approximate surface area is 156 Å². The fourth-order valence-corrected chi connectivity index (χ4v) is 3.39. The Hall–Kier alpha value is -2.44. The molecule has 26 heavy (non-hydrogen) atoms. The molecule has 0 aliphatic carbocycles. The SMILES string of the molecule is Fc1ccc(N2CC[NH+](Cc3nc(-c4cccc(Cl)c4)no3)CC2)cc1. The third kappa shape index (κ3) is 3.86. The highest BCUT2D eigenvalue weighted by atomic mass is 35.5. The lowest BCUT2D eigenvalue weighted by molar-refractivity contribution is -0.915. The lowest BCUT2D eigenvalue weighted by atomic mass is 10.2. The highest BCUT2D eigenvalue weighted by molar-refractivity contribution is 6.30. The first-order chi connectivity index (χ1) is 12.7. The smallest absolute Gasteiger partial charge is 0.282 e. The standard InChI is InChI=1S/C19H18ClFN4O/c20-15-3-1-2-14(12-15)19-22-18(26-23-19)13-24-8-10-25(11-9-24)17-6-4-16(21)5-7-17/h1-7,12H,8-11,13H2/p+1. The molecule has 4 rings (SSSR count). The molecule has 0 saturated carbocycles. The van der Waals surface area contributed by atoms with Gasteiger partial charge in [0.1, 0.15) is 5.82 Å². The van der Waals surface area contributed by atoms with Gasteiger partial charge in [-0.2, -0.15) is 4.98 Å². The molecule has 1 N–H and O–H groups in total. The maximum Gasteiger partial charge on any atom is 0.282 e. The van der Waals surface area contributed by atoms with Crippen molar-refractivity contribution in [1.29, 1.82) is 0 Å². The Morgan fingerprint density at radius 2 is 1.88 bits per heavy atom. The molecule has 2 heterocycles. The lowest BCUT2D eigenvalue weighted by Crippen LogP contribution is -3.13. The molecule has 2 aromatic carbocycles. The molecule has 1 aliphatic rings. The monoisotopic (exact) mass is 373 g/mol. The van der Waals surface area contributed by atoms with Crippen molar-refractivity contribution < 1.29 is 13.8 Å². The van der Waals surface area contributed by atoms with Gasteiger partial charge in [0.05, 0.1) is 26.2 Å². The molecule has 134 valence electrons. The van der Waals surface area contributed by atoms with Crippen molar-refractivity contribution in [2.24, 2.45) is 0 Å². The molecule has 5 nitrogen and oxygen atoms in total. The van der Waals surface area contributed by atoms with E-state index in [1.54, 1.807) is 0 Å². The first kappa shape index (κ1) is 17.0. The number of piperazine rings is 1. The number of aromatic nitrogens is 2. The van der Waals surface area contributed by atoms with Gasteiger partial charge in [0.15, 0.2) is 6.54 Å². The minimum Gasteiger partial charge on any atom is -0.360 e. The summed E-state index contributed by atoms with van der Waals surface area (Å²) in [6.45, 7) is 4.45. The third-order valence-corrected chi connectivity index (χ3v) is 4.85. The van der Waals surface area contributed by atoms with Gasteiger partial charge >= 0.3 is 0 Å². The molecule has 0 atom stereocenters. The summed E-state index contributed by atoms with van der Waals surface area (Å²) in [5.74, 6) is 0.988. The number of rotatable bonds is 4. The molecule has 3 aromatic rings. The number of nitrogens with zero attached hydrogens (tertiary/aromatic N) is 3. The summed E-state index contributed by atoms with van der Waals surface area (Å²) in [6, 6.07) is 14.1. The van der Waals surface area contributed by atoms with Gasteiger partial charge in [-0.05, 0) is 36.4 Å². The molecule has 1 aromatic heterocycles. The van der Waals surface area contributed by atoms with E-state index in [4.69, 9.17) is 16.1 Å². The zero-order valence-electron chi connectivity index (χ0n) is 14.2. The van der Waals surface area contributed by atoms with Gasteiger partial charge in [0.2, 0.25) is 5.82 Å². The van der Waals surface area contributed by atoms with Crippen LogP contribution >= 0.6 is 11.6 Å². The summed E-state index contributed by atoms with van der Waals surface area (Å²) in [7, 11) is 0. The van der Waals surface area contributed by atoms with Crippen molar-refractivity contribution in [1.82, 2.24) is 10.1 Å². The molecule has 0 radical (unpaired) electrons. The highest BCUT2D eigenvalue weighted by Gasteiger charge is 2.22. The number of nitrogens with one attached hydrogen (secondary N) is 1. The molecular weight excluding hydrogens is 355 g/mol. The first-order valence-corrected chi connectivity index (χ1v) is 8.98. The van der Waals surface area contributed by atoms with E-state index < -0.39 is 0 Å². The van der Waals surface area contributed by atoms with Gasteiger partial charge < -0.3 is 14.3 Å². The predicted molar refractivity (Wildman–Crippen MR) is 97.8 cm³/mol. The average Bonchev–Trinajstić information content (AvgIpc) is 3.12. The van der Waals surface area contributed by atoms with Gasteiger partial charge in [-0.1, -0.05) is 28.9 Å². The minimum atomic E-state index is -0.204. The van der Waals surface area contributed by atoms with E-state index in [2.05, 4.69) is 15.0 Å². The van der Waals surface area contributed by atoms with Gasteiger partial charge in [-0.3, -0.25) is 0 Å². The fraction of sp³-hybridized carbons (Fsp3) is 0.263. The van der Waals surface area contributed by atoms with Crippen LogP contribution in [0.2, 0.25) is 5.02 Å². The molecular formula is C19H19ClFN4O+. The second-order valence-electron chi connectivity index (χ2n) is 6.41. The van der Waals surface area contributed by atoms with E-state index in [-0.39, 0.29) is 5.82 Å². The average molecular weight is 374 g/mol. The van der Waals surface area contributed by atoms with Gasteiger partial charge in [0.25, 0.3) is 5.89 Å². The van der Waals surface area contributed by atoms with Gasteiger partial charge in [0, 0.05) is 16.3 Å². The largest absolute Gasteiger partial charge is 0.360 e. The van der Waals surface area contributed by atoms with Crippen LogP contribution in [0.15, 0.2) is 53.1 Å². The predicted octanol–water partition coefficient (Wildman–Crippen LogP) is 2.43. The van der Waals surface area contributed by atoms with E-state index in [9.17, 15) is 4.39 Å². The normalized spacial score (nSPS) is 15.4. The maximum absolute atomic E-state index is 13.1. The number of hydrogen-bond donors (Lipinski definition) is 1. The van der Waals surface area contributed by atoms with Crippen molar-refractivity contribution in [2.75, 3.05) is 31.1 Å². The van der Waals surface area contributed by atoms with E-state index >= 15 is 0 Å². The van der Waals surface area contributed by atoms with Crippen molar-refractivity contribution in [3.05, 3.63) is 65.3 Å². The lowest BCUT2D eigenvalue weighted by Gasteiger charge is -2.33. The molecule has 0 unspecified atom stereocenters. The Bertz CT molecular complexity index is 875. The van der Waals surface area contributed by atoms with Crippen LogP contribution in [-0.4, -0.2) is 36.3 Å². The number of quaternary nitrogens is 1. The molecule has 0 amide bonds. The summed E-state index contributed by atoms with van der Waals surface area (Å²) in [6.07, 6.45) is 0. The Balaban J connectivity index is 1.35. The van der Waals surface area contributed by atoms with Crippen LogP contribution in [0.1, 0.15) is 5.89 Å². The number of anilines is 1. The number of hydrogen-bond acceptors (Lipinski definition) is 4. The van der Waals surface area contributed by atoms with Crippen molar-refractivity contribution in [3.8, 4) is 11.4 Å². The Kier molecular flexibility index (Phi) is 4.86. The highest BCUT2D eigenvalue weighted by Crippen LogP contribution is 2.20. The van der Waals surface area contributed by atoms with E-state index in [0.717, 1.165) is 37.4 Å². The zero-order chi connectivity index (χ0) is 17.9. The maximum atomic E-state index is 13.1. The van der Waals surface area contributed by atoms with Gasteiger partial charge in [-0.15, -0.1) is 0 Å². The van der Waals surface area contributed by atoms with Crippen LogP contribution in [0.4, 0.5) is 10.1 Å². The summed E-state index contributed by atoms with van der Waals surface area (Å²) >= 11 is 6.01. The molecule has 0 spiro atoms.